The SMILES string of the molecule is CC(=O)NCCCC(=O)Nc1ccc(NC(=O)CN(C)C)c(C)c1. The molecule has 3 amide bonds. The topological polar surface area (TPSA) is 90.5 Å². The highest BCUT2D eigenvalue weighted by Crippen LogP contribution is 2.20. The predicted molar refractivity (Wildman–Crippen MR) is 94.9 cm³/mol. The number of rotatable bonds is 8. The van der Waals surface area contributed by atoms with E-state index in [9.17, 15) is 14.4 Å². The van der Waals surface area contributed by atoms with E-state index in [2.05, 4.69) is 16.0 Å². The van der Waals surface area contributed by atoms with E-state index in [1.54, 1.807) is 17.0 Å². The molecule has 0 radical (unpaired) electrons. The van der Waals surface area contributed by atoms with Gasteiger partial charge in [0, 0.05) is 31.3 Å². The van der Waals surface area contributed by atoms with E-state index in [1.807, 2.05) is 27.1 Å². The number of benzene rings is 1. The molecule has 132 valence electrons. The van der Waals surface area contributed by atoms with E-state index < -0.39 is 0 Å². The van der Waals surface area contributed by atoms with Crippen molar-refractivity contribution >= 4 is 29.1 Å². The summed E-state index contributed by atoms with van der Waals surface area (Å²) in [5.74, 6) is -0.292. The summed E-state index contributed by atoms with van der Waals surface area (Å²) in [5, 5.41) is 8.30. The first-order valence-corrected chi connectivity index (χ1v) is 7.87. The van der Waals surface area contributed by atoms with Gasteiger partial charge in [0.05, 0.1) is 6.54 Å². The molecule has 0 bridgehead atoms. The van der Waals surface area contributed by atoms with E-state index in [4.69, 9.17) is 0 Å². The van der Waals surface area contributed by atoms with Crippen LogP contribution >= 0.6 is 0 Å². The lowest BCUT2D eigenvalue weighted by atomic mass is 10.1. The zero-order chi connectivity index (χ0) is 18.1. The Kier molecular flexibility index (Phi) is 7.91. The first-order valence-electron chi connectivity index (χ1n) is 7.87. The average Bonchev–Trinajstić information content (AvgIpc) is 2.45. The molecule has 0 aliphatic heterocycles. The maximum atomic E-state index is 11.9. The van der Waals surface area contributed by atoms with Crippen LogP contribution in [0.15, 0.2) is 18.2 Å². The molecule has 0 atom stereocenters. The van der Waals surface area contributed by atoms with E-state index >= 15 is 0 Å². The lowest BCUT2D eigenvalue weighted by Gasteiger charge is -2.13. The molecule has 0 unspecified atom stereocenters. The van der Waals surface area contributed by atoms with Crippen LogP contribution in [0.4, 0.5) is 11.4 Å². The van der Waals surface area contributed by atoms with Crippen molar-refractivity contribution in [2.24, 2.45) is 0 Å². The molecule has 1 aromatic rings. The van der Waals surface area contributed by atoms with Gasteiger partial charge in [-0.25, -0.2) is 0 Å². The van der Waals surface area contributed by atoms with Gasteiger partial charge >= 0.3 is 0 Å². The van der Waals surface area contributed by atoms with Crippen LogP contribution in [0.25, 0.3) is 0 Å². The van der Waals surface area contributed by atoms with Crippen LogP contribution in [0, 0.1) is 6.92 Å². The molecule has 24 heavy (non-hydrogen) atoms. The van der Waals surface area contributed by atoms with Crippen molar-refractivity contribution in [2.45, 2.75) is 26.7 Å². The van der Waals surface area contributed by atoms with Crippen molar-refractivity contribution in [3.8, 4) is 0 Å². The summed E-state index contributed by atoms with van der Waals surface area (Å²) in [6, 6.07) is 5.34. The number of hydrogen-bond donors (Lipinski definition) is 3. The highest BCUT2D eigenvalue weighted by atomic mass is 16.2. The van der Waals surface area contributed by atoms with Gasteiger partial charge in [0.15, 0.2) is 0 Å². The number of likely N-dealkylation sites (N-methyl/N-ethyl adjacent to an activating group) is 1. The molecule has 1 rings (SSSR count). The smallest absolute Gasteiger partial charge is 0.238 e. The third kappa shape index (κ3) is 7.73. The Hall–Kier alpha value is -2.41. The van der Waals surface area contributed by atoms with Crippen molar-refractivity contribution in [2.75, 3.05) is 37.8 Å². The van der Waals surface area contributed by atoms with E-state index in [0.29, 0.717) is 31.6 Å². The summed E-state index contributed by atoms with van der Waals surface area (Å²) < 4.78 is 0. The van der Waals surface area contributed by atoms with Gasteiger partial charge in [-0.3, -0.25) is 14.4 Å². The van der Waals surface area contributed by atoms with Gasteiger partial charge in [0.1, 0.15) is 0 Å². The van der Waals surface area contributed by atoms with Gasteiger partial charge in [0.25, 0.3) is 0 Å². The fourth-order valence-corrected chi connectivity index (χ4v) is 2.10. The number of aryl methyl sites for hydroxylation is 1. The standard InChI is InChI=1S/C17H26N4O3/c1-12-10-14(19-16(23)6-5-9-18-13(2)22)7-8-15(12)20-17(24)11-21(3)4/h7-8,10H,5-6,9,11H2,1-4H3,(H,18,22)(H,19,23)(H,20,24). The zero-order valence-corrected chi connectivity index (χ0v) is 14.7. The Morgan fingerprint density at radius 2 is 1.79 bits per heavy atom. The quantitative estimate of drug-likeness (QED) is 0.626. The third-order valence-electron chi connectivity index (χ3n) is 3.20. The van der Waals surface area contributed by atoms with Crippen LogP contribution in [0.3, 0.4) is 0 Å². The van der Waals surface area contributed by atoms with Crippen molar-refractivity contribution in [3.63, 3.8) is 0 Å². The minimum Gasteiger partial charge on any atom is -0.356 e. The van der Waals surface area contributed by atoms with Crippen LogP contribution < -0.4 is 16.0 Å². The fraction of sp³-hybridized carbons (Fsp3) is 0.471. The molecule has 7 nitrogen and oxygen atoms in total. The molecule has 1 aromatic carbocycles. The second-order valence-corrected chi connectivity index (χ2v) is 5.95. The van der Waals surface area contributed by atoms with Crippen molar-refractivity contribution < 1.29 is 14.4 Å². The summed E-state index contributed by atoms with van der Waals surface area (Å²) in [6.45, 7) is 4.12. The van der Waals surface area contributed by atoms with E-state index in [-0.39, 0.29) is 17.7 Å². The minimum atomic E-state index is -0.107. The first-order chi connectivity index (χ1) is 11.3. The normalized spacial score (nSPS) is 10.4. The molecule has 0 saturated carbocycles. The molecule has 0 spiro atoms. The zero-order valence-electron chi connectivity index (χ0n) is 14.7. The van der Waals surface area contributed by atoms with Gasteiger partial charge in [-0.2, -0.15) is 0 Å². The van der Waals surface area contributed by atoms with Crippen LogP contribution in [0.5, 0.6) is 0 Å². The highest BCUT2D eigenvalue weighted by molar-refractivity contribution is 5.94. The maximum Gasteiger partial charge on any atom is 0.238 e. The first kappa shape index (κ1) is 19.6. The molecule has 0 fully saturated rings. The Labute approximate surface area is 142 Å². The molecule has 0 aliphatic carbocycles. The molecular formula is C17H26N4O3. The van der Waals surface area contributed by atoms with Gasteiger partial charge in [-0.1, -0.05) is 0 Å². The summed E-state index contributed by atoms with van der Waals surface area (Å²) in [6.07, 6.45) is 0.920. The van der Waals surface area contributed by atoms with Gasteiger partial charge < -0.3 is 20.9 Å². The molecule has 0 heterocycles. The Bertz CT molecular complexity index is 599. The van der Waals surface area contributed by atoms with Crippen LogP contribution in [-0.2, 0) is 14.4 Å². The molecule has 7 heteroatoms. The monoisotopic (exact) mass is 334 g/mol. The highest BCUT2D eigenvalue weighted by Gasteiger charge is 2.08. The van der Waals surface area contributed by atoms with Gasteiger partial charge in [0.2, 0.25) is 17.7 Å². The molecule has 0 aliphatic rings. The van der Waals surface area contributed by atoms with Crippen molar-refractivity contribution in [3.05, 3.63) is 23.8 Å². The summed E-state index contributed by atoms with van der Waals surface area (Å²) in [7, 11) is 3.66. The number of nitrogens with one attached hydrogen (secondary N) is 3. The number of carbonyl (C=O) groups is 3. The van der Waals surface area contributed by atoms with Crippen LogP contribution in [0.2, 0.25) is 0 Å². The number of carbonyl (C=O) groups excluding carboxylic acids is 3. The third-order valence-corrected chi connectivity index (χ3v) is 3.20. The maximum absolute atomic E-state index is 11.9. The number of hydrogen-bond acceptors (Lipinski definition) is 4. The number of nitrogens with zero attached hydrogens (tertiary/aromatic N) is 1. The van der Waals surface area contributed by atoms with Crippen LogP contribution in [-0.4, -0.2) is 49.8 Å². The Morgan fingerprint density at radius 3 is 2.38 bits per heavy atom. The Morgan fingerprint density at radius 1 is 1.08 bits per heavy atom. The van der Waals surface area contributed by atoms with Crippen molar-refractivity contribution in [1.82, 2.24) is 10.2 Å². The average molecular weight is 334 g/mol. The molecule has 3 N–H and O–H groups in total. The molecule has 0 saturated heterocycles. The number of amides is 3. The minimum absolute atomic E-state index is 0.0853. The second kappa shape index (κ2) is 9.67. The van der Waals surface area contributed by atoms with Crippen LogP contribution in [0.1, 0.15) is 25.3 Å². The second-order valence-electron chi connectivity index (χ2n) is 5.95. The molecular weight excluding hydrogens is 308 g/mol. The lowest BCUT2D eigenvalue weighted by Crippen LogP contribution is -2.27. The molecule has 0 aromatic heterocycles. The fourth-order valence-electron chi connectivity index (χ4n) is 2.10. The lowest BCUT2D eigenvalue weighted by molar-refractivity contribution is -0.119. The van der Waals surface area contributed by atoms with Crippen molar-refractivity contribution in [1.29, 1.82) is 0 Å². The van der Waals surface area contributed by atoms with Gasteiger partial charge in [-0.15, -0.1) is 0 Å². The Balaban J connectivity index is 2.50. The summed E-state index contributed by atoms with van der Waals surface area (Å²) in [4.78, 5) is 36.2. The predicted octanol–water partition coefficient (Wildman–Crippen LogP) is 1.35. The van der Waals surface area contributed by atoms with Gasteiger partial charge in [-0.05, 0) is 51.2 Å². The number of anilines is 2. The largest absolute Gasteiger partial charge is 0.356 e. The summed E-state index contributed by atoms with van der Waals surface area (Å²) >= 11 is 0. The van der Waals surface area contributed by atoms with E-state index in [1.165, 1.54) is 6.92 Å². The summed E-state index contributed by atoms with van der Waals surface area (Å²) in [5.41, 5.74) is 2.28. The van der Waals surface area contributed by atoms with E-state index in [0.717, 1.165) is 11.3 Å².